The summed E-state index contributed by atoms with van der Waals surface area (Å²) in [6.45, 7) is 6.21. The summed E-state index contributed by atoms with van der Waals surface area (Å²) in [7, 11) is 1.98. The lowest BCUT2D eigenvalue weighted by atomic mass is 10.2. The predicted octanol–water partition coefficient (Wildman–Crippen LogP) is 3.41. The van der Waals surface area contributed by atoms with Crippen molar-refractivity contribution in [3.05, 3.63) is 61.6 Å². The molecule has 0 aromatic carbocycles. The van der Waals surface area contributed by atoms with Crippen LogP contribution in [0.1, 0.15) is 31.8 Å². The van der Waals surface area contributed by atoms with E-state index in [0.29, 0.717) is 0 Å². The highest BCUT2D eigenvalue weighted by Gasteiger charge is 2.06. The average Bonchev–Trinajstić information content (AvgIpc) is 3.31. The lowest BCUT2D eigenvalue weighted by Crippen LogP contribution is -2.13. The molecular formula is C18H24N4OS2. The van der Waals surface area contributed by atoms with E-state index < -0.39 is 0 Å². The van der Waals surface area contributed by atoms with E-state index in [-0.39, 0.29) is 0 Å². The Morgan fingerprint density at radius 2 is 1.80 bits per heavy atom. The maximum Gasteiger partial charge on any atom is 0.118 e. The van der Waals surface area contributed by atoms with Crippen LogP contribution in [0.5, 0.6) is 0 Å². The van der Waals surface area contributed by atoms with E-state index in [9.17, 15) is 0 Å². The van der Waals surface area contributed by atoms with Crippen LogP contribution >= 0.6 is 22.7 Å². The van der Waals surface area contributed by atoms with Crippen LogP contribution in [-0.2, 0) is 32.7 Å². The molecule has 0 fully saturated rings. The highest BCUT2D eigenvalue weighted by Crippen LogP contribution is 2.21. The molecule has 0 saturated carbocycles. The first-order valence-corrected chi connectivity index (χ1v) is 10.0. The molecule has 3 rings (SSSR count). The van der Waals surface area contributed by atoms with Crippen LogP contribution in [-0.4, -0.2) is 12.0 Å². The van der Waals surface area contributed by atoms with E-state index in [1.54, 1.807) is 11.3 Å². The Bertz CT molecular complexity index is 764. The monoisotopic (exact) mass is 376 g/mol. The van der Waals surface area contributed by atoms with Gasteiger partial charge in [0.15, 0.2) is 0 Å². The normalized spacial score (nSPS) is 11.3. The molecule has 0 aliphatic heterocycles. The fraction of sp³-hybridized carbons (Fsp3) is 0.389. The van der Waals surface area contributed by atoms with Crippen LogP contribution in [0.15, 0.2) is 34.2 Å². The third-order valence-electron chi connectivity index (χ3n) is 3.81. The molecule has 5 nitrogen and oxygen atoms in total. The molecule has 0 atom stereocenters. The molecule has 0 saturated heterocycles. The van der Waals surface area contributed by atoms with Gasteiger partial charge in [0.1, 0.15) is 16.5 Å². The average molecular weight is 377 g/mol. The van der Waals surface area contributed by atoms with Crippen molar-refractivity contribution in [1.82, 2.24) is 20.9 Å². The van der Waals surface area contributed by atoms with Gasteiger partial charge >= 0.3 is 0 Å². The van der Waals surface area contributed by atoms with Gasteiger partial charge in [-0.2, -0.15) is 0 Å². The molecule has 0 radical (unpaired) electrons. The van der Waals surface area contributed by atoms with E-state index in [4.69, 9.17) is 4.42 Å². The van der Waals surface area contributed by atoms with Crippen molar-refractivity contribution in [1.29, 1.82) is 0 Å². The summed E-state index contributed by atoms with van der Waals surface area (Å²) in [5.74, 6) is 1.92. The van der Waals surface area contributed by atoms with Gasteiger partial charge in [0, 0.05) is 41.0 Å². The van der Waals surface area contributed by atoms with E-state index in [1.165, 1.54) is 15.3 Å². The molecule has 0 bridgehead atoms. The first-order valence-electron chi connectivity index (χ1n) is 8.35. The quantitative estimate of drug-likeness (QED) is 0.506. The Balaban J connectivity index is 1.41. The smallest absolute Gasteiger partial charge is 0.118 e. The van der Waals surface area contributed by atoms with Gasteiger partial charge in [0.25, 0.3) is 0 Å². The van der Waals surface area contributed by atoms with Crippen molar-refractivity contribution in [3.8, 4) is 0 Å². The van der Waals surface area contributed by atoms with E-state index in [2.05, 4.69) is 33.9 Å². The Hall–Kier alpha value is -1.51. The number of thiophene rings is 1. The summed E-state index contributed by atoms with van der Waals surface area (Å²) >= 11 is 3.52. The van der Waals surface area contributed by atoms with Crippen molar-refractivity contribution in [2.24, 2.45) is 0 Å². The van der Waals surface area contributed by atoms with Gasteiger partial charge in [-0.15, -0.1) is 22.7 Å². The first-order chi connectivity index (χ1) is 12.2. The number of aromatic nitrogens is 1. The number of aryl methyl sites for hydroxylation is 1. The van der Waals surface area contributed by atoms with Crippen LogP contribution in [0.25, 0.3) is 0 Å². The third-order valence-corrected chi connectivity index (χ3v) is 5.69. The van der Waals surface area contributed by atoms with Crippen LogP contribution in [0.3, 0.4) is 0 Å². The highest BCUT2D eigenvalue weighted by molar-refractivity contribution is 7.12. The first kappa shape index (κ1) is 18.3. The number of nitrogens with one attached hydrogen (secondary N) is 3. The van der Waals surface area contributed by atoms with Crippen molar-refractivity contribution in [2.75, 3.05) is 7.05 Å². The van der Waals surface area contributed by atoms with E-state index in [0.717, 1.165) is 49.3 Å². The second kappa shape index (κ2) is 9.26. The zero-order valence-electron chi connectivity index (χ0n) is 14.6. The molecule has 0 aliphatic carbocycles. The Labute approximate surface area is 156 Å². The van der Waals surface area contributed by atoms with Crippen LogP contribution in [0.2, 0.25) is 0 Å². The third kappa shape index (κ3) is 5.49. The summed E-state index contributed by atoms with van der Waals surface area (Å²) in [5, 5.41) is 13.1. The summed E-state index contributed by atoms with van der Waals surface area (Å²) in [4.78, 5) is 7.01. The Morgan fingerprint density at radius 3 is 2.48 bits per heavy atom. The summed E-state index contributed by atoms with van der Waals surface area (Å²) < 4.78 is 5.87. The molecule has 3 heterocycles. The van der Waals surface area contributed by atoms with Gasteiger partial charge in [-0.3, -0.25) is 0 Å². The minimum Gasteiger partial charge on any atom is -0.463 e. The molecule has 3 aromatic heterocycles. The van der Waals surface area contributed by atoms with Crippen LogP contribution in [0, 0.1) is 6.92 Å². The fourth-order valence-corrected chi connectivity index (χ4v) is 4.25. The van der Waals surface area contributed by atoms with Gasteiger partial charge in [-0.1, -0.05) is 0 Å². The maximum atomic E-state index is 5.87. The SMILES string of the molecule is CNCc1cc(CNCc2ccc(CNCc3nccs3)o2)c(C)s1. The zero-order chi connectivity index (χ0) is 17.5. The molecular weight excluding hydrogens is 352 g/mol. The lowest BCUT2D eigenvalue weighted by Gasteiger charge is -2.03. The standard InChI is InChI=1S/C18H24N4OS2/c1-13-14(7-17(25-13)11-19-2)8-20-9-15-3-4-16(23-15)10-21-12-18-22-5-6-24-18/h3-7,19-21H,8-12H2,1-2H3. The lowest BCUT2D eigenvalue weighted by molar-refractivity contribution is 0.432. The molecule has 3 aromatic rings. The van der Waals surface area contributed by atoms with Crippen LogP contribution in [0.4, 0.5) is 0 Å². The second-order valence-electron chi connectivity index (χ2n) is 5.83. The van der Waals surface area contributed by atoms with Gasteiger partial charge < -0.3 is 20.4 Å². The molecule has 0 unspecified atom stereocenters. The number of thiazole rings is 1. The number of nitrogens with zero attached hydrogens (tertiary/aromatic N) is 1. The molecule has 0 amide bonds. The van der Waals surface area contributed by atoms with Crippen molar-refractivity contribution in [3.63, 3.8) is 0 Å². The fourth-order valence-electron chi connectivity index (χ4n) is 2.59. The topological polar surface area (TPSA) is 62.1 Å². The van der Waals surface area contributed by atoms with Gasteiger partial charge in [0.2, 0.25) is 0 Å². The Morgan fingerprint density at radius 1 is 1.04 bits per heavy atom. The van der Waals surface area contributed by atoms with E-state index >= 15 is 0 Å². The van der Waals surface area contributed by atoms with Gasteiger partial charge in [-0.25, -0.2) is 4.98 Å². The summed E-state index contributed by atoms with van der Waals surface area (Å²) in [6.07, 6.45) is 1.83. The molecule has 134 valence electrons. The molecule has 0 spiro atoms. The second-order valence-corrected chi connectivity index (χ2v) is 8.15. The summed E-state index contributed by atoms with van der Waals surface area (Å²) in [6, 6.07) is 6.35. The highest BCUT2D eigenvalue weighted by atomic mass is 32.1. The van der Waals surface area contributed by atoms with Crippen molar-refractivity contribution >= 4 is 22.7 Å². The Kier molecular flexibility index (Phi) is 6.77. The van der Waals surface area contributed by atoms with Crippen molar-refractivity contribution in [2.45, 2.75) is 39.6 Å². The minimum absolute atomic E-state index is 0.719. The summed E-state index contributed by atoms with van der Waals surface area (Å²) in [5.41, 5.74) is 1.37. The van der Waals surface area contributed by atoms with Crippen LogP contribution < -0.4 is 16.0 Å². The number of furan rings is 1. The maximum absolute atomic E-state index is 5.87. The van der Waals surface area contributed by atoms with E-state index in [1.807, 2.05) is 42.1 Å². The molecule has 3 N–H and O–H groups in total. The largest absolute Gasteiger partial charge is 0.463 e. The predicted molar refractivity (Wildman–Crippen MR) is 104 cm³/mol. The van der Waals surface area contributed by atoms with Gasteiger partial charge in [0.05, 0.1) is 13.1 Å². The molecule has 25 heavy (non-hydrogen) atoms. The minimum atomic E-state index is 0.719. The number of rotatable bonds is 10. The number of hydrogen-bond donors (Lipinski definition) is 3. The number of hydrogen-bond acceptors (Lipinski definition) is 7. The van der Waals surface area contributed by atoms with Gasteiger partial charge in [-0.05, 0) is 37.7 Å². The zero-order valence-corrected chi connectivity index (χ0v) is 16.2. The molecule has 0 aliphatic rings. The molecule has 7 heteroatoms. The van der Waals surface area contributed by atoms with Crippen molar-refractivity contribution < 1.29 is 4.42 Å².